The zero-order valence-electron chi connectivity index (χ0n) is 19.4. The summed E-state index contributed by atoms with van der Waals surface area (Å²) in [6.45, 7) is 8.96. The second-order valence-electron chi connectivity index (χ2n) is 8.30. The predicted molar refractivity (Wildman–Crippen MR) is 121 cm³/mol. The monoisotopic (exact) mass is 398 g/mol. The van der Waals surface area contributed by atoms with E-state index in [1.54, 1.807) is 0 Å². The molecule has 1 unspecified atom stereocenters. The molecular weight excluding hydrogens is 348 g/mol. The van der Waals surface area contributed by atoms with Crippen LogP contribution in [0, 0.1) is 5.92 Å². The molecule has 168 valence electrons. The molecule has 0 aromatic carbocycles. The molecule has 1 atom stereocenters. The molecule has 3 heteroatoms. The third-order valence-electron chi connectivity index (χ3n) is 5.42. The minimum absolute atomic E-state index is 0.0661. The van der Waals surface area contributed by atoms with Gasteiger partial charge in [0.25, 0.3) is 0 Å². The summed E-state index contributed by atoms with van der Waals surface area (Å²) in [5.41, 5.74) is 0. The zero-order valence-corrected chi connectivity index (χ0v) is 19.4. The second-order valence-corrected chi connectivity index (χ2v) is 8.30. The molecule has 0 aliphatic heterocycles. The molecule has 0 amide bonds. The van der Waals surface area contributed by atoms with Crippen molar-refractivity contribution in [2.75, 3.05) is 19.8 Å². The maximum absolute atomic E-state index is 12.5. The molecule has 3 nitrogen and oxygen atoms in total. The molecule has 0 saturated carbocycles. The van der Waals surface area contributed by atoms with Gasteiger partial charge in [-0.2, -0.15) is 0 Å². The van der Waals surface area contributed by atoms with Crippen LogP contribution in [0.15, 0.2) is 0 Å². The minimum atomic E-state index is 0.0661. The summed E-state index contributed by atoms with van der Waals surface area (Å²) < 4.78 is 11.1. The number of rotatable bonds is 22. The van der Waals surface area contributed by atoms with Crippen LogP contribution in [0.2, 0.25) is 0 Å². The van der Waals surface area contributed by atoms with Crippen LogP contribution in [-0.4, -0.2) is 25.8 Å². The van der Waals surface area contributed by atoms with Crippen molar-refractivity contribution < 1.29 is 14.3 Å². The lowest BCUT2D eigenvalue weighted by Gasteiger charge is -2.16. The van der Waals surface area contributed by atoms with Crippen molar-refractivity contribution in [3.05, 3.63) is 0 Å². The number of ether oxygens (including phenoxy) is 2. The molecule has 0 radical (unpaired) electrons. The fraction of sp³-hybridized carbons (Fsp3) is 0.960. The Morgan fingerprint density at radius 1 is 0.571 bits per heavy atom. The summed E-state index contributed by atoms with van der Waals surface area (Å²) in [6.07, 6.45) is 20.2. The van der Waals surface area contributed by atoms with Crippen molar-refractivity contribution in [3.63, 3.8) is 0 Å². The van der Waals surface area contributed by atoms with Gasteiger partial charge in [0, 0.05) is 13.2 Å². The molecule has 0 saturated heterocycles. The van der Waals surface area contributed by atoms with E-state index >= 15 is 0 Å². The number of carbonyl (C=O) groups excluding carboxylic acids is 1. The first-order valence-electron chi connectivity index (χ1n) is 12.5. The summed E-state index contributed by atoms with van der Waals surface area (Å²) in [4.78, 5) is 12.5. The number of unbranched alkanes of at least 4 members (excludes halogenated alkanes) is 11. The fourth-order valence-electron chi connectivity index (χ4n) is 3.57. The Kier molecular flexibility index (Phi) is 22.3. The highest BCUT2D eigenvalue weighted by Gasteiger charge is 2.19. The molecule has 0 N–H and O–H groups in total. The van der Waals surface area contributed by atoms with Crippen molar-refractivity contribution in [3.8, 4) is 0 Å². The van der Waals surface area contributed by atoms with Crippen LogP contribution in [0.5, 0.6) is 0 Å². The quantitative estimate of drug-likeness (QED) is 0.137. The van der Waals surface area contributed by atoms with Gasteiger partial charge < -0.3 is 9.47 Å². The molecular formula is C25H50O3. The highest BCUT2D eigenvalue weighted by Crippen LogP contribution is 2.20. The average Bonchev–Trinajstić information content (AvgIpc) is 2.70. The molecule has 28 heavy (non-hydrogen) atoms. The van der Waals surface area contributed by atoms with Crippen molar-refractivity contribution in [1.82, 2.24) is 0 Å². The van der Waals surface area contributed by atoms with Gasteiger partial charge in [-0.1, -0.05) is 91.4 Å². The lowest BCUT2D eigenvalue weighted by Crippen LogP contribution is -2.18. The van der Waals surface area contributed by atoms with Crippen molar-refractivity contribution in [1.29, 1.82) is 0 Å². The largest absolute Gasteiger partial charge is 0.465 e. The smallest absolute Gasteiger partial charge is 0.308 e. The van der Waals surface area contributed by atoms with E-state index < -0.39 is 0 Å². The molecule has 0 rings (SSSR count). The van der Waals surface area contributed by atoms with Crippen molar-refractivity contribution in [2.24, 2.45) is 5.92 Å². The van der Waals surface area contributed by atoms with E-state index in [2.05, 4.69) is 20.8 Å². The zero-order chi connectivity index (χ0) is 20.7. The minimum Gasteiger partial charge on any atom is -0.465 e. The first kappa shape index (κ1) is 27.4. The van der Waals surface area contributed by atoms with E-state index in [0.717, 1.165) is 51.7 Å². The van der Waals surface area contributed by atoms with E-state index in [9.17, 15) is 4.79 Å². The Balaban J connectivity index is 3.90. The topological polar surface area (TPSA) is 35.5 Å². The second kappa shape index (κ2) is 22.7. The third-order valence-corrected chi connectivity index (χ3v) is 5.42. The third kappa shape index (κ3) is 18.8. The molecule has 0 fully saturated rings. The van der Waals surface area contributed by atoms with Crippen LogP contribution in [-0.2, 0) is 14.3 Å². The van der Waals surface area contributed by atoms with Crippen LogP contribution in [0.3, 0.4) is 0 Å². The summed E-state index contributed by atoms with van der Waals surface area (Å²) in [5, 5.41) is 0. The van der Waals surface area contributed by atoms with Gasteiger partial charge >= 0.3 is 5.97 Å². The Bertz CT molecular complexity index is 317. The molecule has 0 aliphatic carbocycles. The SMILES string of the molecule is CCCCCCCCC(CCCCCC)C(=O)OCCCCCCOCCC. The Morgan fingerprint density at radius 3 is 1.68 bits per heavy atom. The lowest BCUT2D eigenvalue weighted by atomic mass is 9.94. The summed E-state index contributed by atoms with van der Waals surface area (Å²) in [5.74, 6) is 0.196. The van der Waals surface area contributed by atoms with Gasteiger partial charge in [-0.3, -0.25) is 4.79 Å². The Hall–Kier alpha value is -0.570. The summed E-state index contributed by atoms with van der Waals surface area (Å²) in [7, 11) is 0. The first-order chi connectivity index (χ1) is 13.8. The normalized spacial score (nSPS) is 12.2. The maximum Gasteiger partial charge on any atom is 0.308 e. The molecule has 0 aliphatic rings. The lowest BCUT2D eigenvalue weighted by molar-refractivity contribution is -0.149. The van der Waals surface area contributed by atoms with Crippen LogP contribution in [0.1, 0.15) is 130 Å². The highest BCUT2D eigenvalue weighted by molar-refractivity contribution is 5.72. The summed E-state index contributed by atoms with van der Waals surface area (Å²) in [6, 6.07) is 0. The maximum atomic E-state index is 12.5. The first-order valence-corrected chi connectivity index (χ1v) is 12.5. The fourth-order valence-corrected chi connectivity index (χ4v) is 3.57. The summed E-state index contributed by atoms with van der Waals surface area (Å²) >= 11 is 0. The molecule has 0 bridgehead atoms. The number of esters is 1. The van der Waals surface area contributed by atoms with E-state index in [4.69, 9.17) is 9.47 Å². The van der Waals surface area contributed by atoms with Gasteiger partial charge in [-0.15, -0.1) is 0 Å². The van der Waals surface area contributed by atoms with Crippen LogP contribution in [0.25, 0.3) is 0 Å². The standard InChI is InChI=1S/C25H50O3/c1-4-7-9-11-12-16-20-24(19-15-10-8-5-2)25(26)28-23-18-14-13-17-22-27-21-6-3/h24H,4-23H2,1-3H3. The highest BCUT2D eigenvalue weighted by atomic mass is 16.5. The van der Waals surface area contributed by atoms with E-state index in [1.165, 1.54) is 70.6 Å². The van der Waals surface area contributed by atoms with Gasteiger partial charge in [0.15, 0.2) is 0 Å². The average molecular weight is 399 g/mol. The van der Waals surface area contributed by atoms with Gasteiger partial charge in [0.1, 0.15) is 0 Å². The van der Waals surface area contributed by atoms with Gasteiger partial charge in [-0.05, 0) is 38.5 Å². The van der Waals surface area contributed by atoms with Crippen molar-refractivity contribution in [2.45, 2.75) is 130 Å². The van der Waals surface area contributed by atoms with E-state index in [0.29, 0.717) is 6.61 Å². The molecule has 0 aromatic rings. The van der Waals surface area contributed by atoms with E-state index in [-0.39, 0.29) is 11.9 Å². The van der Waals surface area contributed by atoms with Crippen LogP contribution < -0.4 is 0 Å². The molecule has 0 spiro atoms. The van der Waals surface area contributed by atoms with Gasteiger partial charge in [-0.25, -0.2) is 0 Å². The predicted octanol–water partition coefficient (Wildman–Crippen LogP) is 7.85. The number of carbonyl (C=O) groups is 1. The van der Waals surface area contributed by atoms with Crippen LogP contribution in [0.4, 0.5) is 0 Å². The van der Waals surface area contributed by atoms with E-state index in [1.807, 2.05) is 0 Å². The molecule has 0 heterocycles. The Labute approximate surface area is 176 Å². The number of hydrogen-bond donors (Lipinski definition) is 0. The molecule has 0 aromatic heterocycles. The van der Waals surface area contributed by atoms with Crippen LogP contribution >= 0.6 is 0 Å². The number of hydrogen-bond acceptors (Lipinski definition) is 3. The Morgan fingerprint density at radius 2 is 1.07 bits per heavy atom. The van der Waals surface area contributed by atoms with Crippen molar-refractivity contribution >= 4 is 5.97 Å². The van der Waals surface area contributed by atoms with Gasteiger partial charge in [0.05, 0.1) is 12.5 Å². The van der Waals surface area contributed by atoms with Gasteiger partial charge in [0.2, 0.25) is 0 Å².